The van der Waals surface area contributed by atoms with Gasteiger partial charge in [-0.05, 0) is 67.6 Å². The molecule has 0 N–H and O–H groups in total. The van der Waals surface area contributed by atoms with Crippen LogP contribution in [0.15, 0.2) is 24.3 Å². The molecule has 1 fully saturated rings. The van der Waals surface area contributed by atoms with Crippen molar-refractivity contribution in [1.82, 2.24) is 0 Å². The van der Waals surface area contributed by atoms with Gasteiger partial charge in [0.1, 0.15) is 0 Å². The smallest absolute Gasteiger partial charge is 0.0991 e. The van der Waals surface area contributed by atoms with Gasteiger partial charge in [0.05, 0.1) is 11.6 Å². The number of rotatable bonds is 3. The summed E-state index contributed by atoms with van der Waals surface area (Å²) in [7, 11) is 0. The molecule has 0 spiro atoms. The number of hydrogen-bond donors (Lipinski definition) is 0. The van der Waals surface area contributed by atoms with E-state index in [1.165, 1.54) is 37.7 Å². The Balaban J connectivity index is 1.86. The van der Waals surface area contributed by atoms with Crippen molar-refractivity contribution in [3.63, 3.8) is 0 Å². The van der Waals surface area contributed by atoms with Crippen molar-refractivity contribution < 1.29 is 0 Å². The van der Waals surface area contributed by atoms with Gasteiger partial charge < -0.3 is 0 Å². The maximum absolute atomic E-state index is 8.78. The van der Waals surface area contributed by atoms with Crippen molar-refractivity contribution in [3.05, 3.63) is 35.4 Å². The number of benzene rings is 1. The molecule has 0 unspecified atom stereocenters. The first-order valence-electron chi connectivity index (χ1n) is 7.18. The first-order chi connectivity index (χ1) is 8.69. The van der Waals surface area contributed by atoms with E-state index in [-0.39, 0.29) is 0 Å². The molecular formula is C17H23N. The molecule has 1 saturated carbocycles. The van der Waals surface area contributed by atoms with Crippen LogP contribution in [0.2, 0.25) is 0 Å². The Morgan fingerprint density at radius 3 is 2.22 bits per heavy atom. The van der Waals surface area contributed by atoms with Crippen LogP contribution in [-0.2, 0) is 6.42 Å². The maximum atomic E-state index is 8.78. The van der Waals surface area contributed by atoms with E-state index in [0.29, 0.717) is 0 Å². The first kappa shape index (κ1) is 13.1. The van der Waals surface area contributed by atoms with Gasteiger partial charge in [-0.25, -0.2) is 0 Å². The molecular weight excluding hydrogens is 218 g/mol. The van der Waals surface area contributed by atoms with Gasteiger partial charge in [0.15, 0.2) is 0 Å². The Kier molecular flexibility index (Phi) is 4.42. The second-order valence-corrected chi connectivity index (χ2v) is 6.04. The summed E-state index contributed by atoms with van der Waals surface area (Å²) in [6, 6.07) is 10.3. The fraction of sp³-hybridized carbons (Fsp3) is 0.588. The van der Waals surface area contributed by atoms with Crippen LogP contribution in [0.5, 0.6) is 0 Å². The summed E-state index contributed by atoms with van der Waals surface area (Å²) in [4.78, 5) is 0. The zero-order valence-electron chi connectivity index (χ0n) is 11.5. The molecule has 1 aliphatic rings. The van der Waals surface area contributed by atoms with E-state index in [4.69, 9.17) is 5.26 Å². The monoisotopic (exact) mass is 241 g/mol. The zero-order chi connectivity index (χ0) is 13.0. The highest BCUT2D eigenvalue weighted by Gasteiger charge is 2.23. The average molecular weight is 241 g/mol. The summed E-state index contributed by atoms with van der Waals surface area (Å²) in [6.07, 6.45) is 6.75. The van der Waals surface area contributed by atoms with E-state index in [9.17, 15) is 0 Å². The van der Waals surface area contributed by atoms with Crippen molar-refractivity contribution in [1.29, 1.82) is 5.26 Å². The van der Waals surface area contributed by atoms with Gasteiger partial charge in [-0.1, -0.05) is 26.0 Å². The standard InChI is InChI=1S/C17H23N/c1-13(2)17-9-7-15(8-10-17)11-14-3-5-16(12-18)6-4-14/h3-6,13,15,17H,7-11H2,1-2H3. The lowest BCUT2D eigenvalue weighted by Crippen LogP contribution is -2.19. The predicted molar refractivity (Wildman–Crippen MR) is 75.1 cm³/mol. The normalized spacial score (nSPS) is 23.9. The third kappa shape index (κ3) is 3.35. The Bertz CT molecular complexity index is 402. The SMILES string of the molecule is CC(C)C1CCC(Cc2ccc(C#N)cc2)CC1. The van der Waals surface area contributed by atoms with Crippen LogP contribution < -0.4 is 0 Å². The minimum absolute atomic E-state index is 0.766. The van der Waals surface area contributed by atoms with E-state index in [0.717, 1.165) is 23.3 Å². The summed E-state index contributed by atoms with van der Waals surface area (Å²) in [5, 5.41) is 8.78. The first-order valence-corrected chi connectivity index (χ1v) is 7.18. The molecule has 0 bridgehead atoms. The van der Waals surface area contributed by atoms with Crippen LogP contribution >= 0.6 is 0 Å². The quantitative estimate of drug-likeness (QED) is 0.761. The molecule has 1 aliphatic carbocycles. The number of nitrogens with zero attached hydrogens (tertiary/aromatic N) is 1. The molecule has 1 heteroatoms. The van der Waals surface area contributed by atoms with Crippen LogP contribution in [0.4, 0.5) is 0 Å². The molecule has 0 atom stereocenters. The van der Waals surface area contributed by atoms with Crippen molar-refractivity contribution in [2.75, 3.05) is 0 Å². The second kappa shape index (κ2) is 6.05. The molecule has 1 nitrogen and oxygen atoms in total. The third-order valence-electron chi connectivity index (χ3n) is 4.44. The lowest BCUT2D eigenvalue weighted by atomic mass is 9.75. The summed E-state index contributed by atoms with van der Waals surface area (Å²) in [6.45, 7) is 4.71. The van der Waals surface area contributed by atoms with Crippen LogP contribution in [0.3, 0.4) is 0 Å². The molecule has 0 aliphatic heterocycles. The highest BCUT2D eigenvalue weighted by Crippen LogP contribution is 2.34. The van der Waals surface area contributed by atoms with E-state index < -0.39 is 0 Å². The predicted octanol–water partition coefficient (Wildman–Crippen LogP) is 4.56. The minimum atomic E-state index is 0.766. The van der Waals surface area contributed by atoms with Crippen LogP contribution in [-0.4, -0.2) is 0 Å². The van der Waals surface area contributed by atoms with E-state index in [1.807, 2.05) is 12.1 Å². The highest BCUT2D eigenvalue weighted by molar-refractivity contribution is 5.31. The van der Waals surface area contributed by atoms with E-state index >= 15 is 0 Å². The summed E-state index contributed by atoms with van der Waals surface area (Å²) < 4.78 is 0. The molecule has 18 heavy (non-hydrogen) atoms. The number of nitriles is 1. The largest absolute Gasteiger partial charge is 0.192 e. The van der Waals surface area contributed by atoms with Crippen LogP contribution in [0.1, 0.15) is 50.7 Å². The van der Waals surface area contributed by atoms with Crippen LogP contribution in [0.25, 0.3) is 0 Å². The highest BCUT2D eigenvalue weighted by atomic mass is 14.3. The van der Waals surface area contributed by atoms with E-state index in [1.54, 1.807) is 0 Å². The minimum Gasteiger partial charge on any atom is -0.192 e. The topological polar surface area (TPSA) is 23.8 Å². The molecule has 1 aromatic carbocycles. The summed E-state index contributed by atoms with van der Waals surface area (Å²) in [5.41, 5.74) is 2.16. The second-order valence-electron chi connectivity index (χ2n) is 6.04. The van der Waals surface area contributed by atoms with Gasteiger partial charge in [-0.3, -0.25) is 0 Å². The lowest BCUT2D eigenvalue weighted by molar-refractivity contribution is 0.223. The van der Waals surface area contributed by atoms with Crippen molar-refractivity contribution in [3.8, 4) is 6.07 Å². The Morgan fingerprint density at radius 2 is 1.72 bits per heavy atom. The Hall–Kier alpha value is -1.29. The van der Waals surface area contributed by atoms with Gasteiger partial charge in [-0.2, -0.15) is 5.26 Å². The van der Waals surface area contributed by atoms with Gasteiger partial charge in [0, 0.05) is 0 Å². The molecule has 2 rings (SSSR count). The number of hydrogen-bond acceptors (Lipinski definition) is 1. The maximum Gasteiger partial charge on any atom is 0.0991 e. The van der Waals surface area contributed by atoms with E-state index in [2.05, 4.69) is 32.0 Å². The van der Waals surface area contributed by atoms with Gasteiger partial charge in [0.2, 0.25) is 0 Å². The molecule has 0 amide bonds. The molecule has 0 radical (unpaired) electrons. The molecule has 0 aromatic heterocycles. The summed E-state index contributed by atoms with van der Waals surface area (Å²) in [5.74, 6) is 2.65. The Morgan fingerprint density at radius 1 is 1.11 bits per heavy atom. The Labute approximate surface area is 111 Å². The fourth-order valence-corrected chi connectivity index (χ4v) is 3.11. The fourth-order valence-electron chi connectivity index (χ4n) is 3.11. The molecule has 1 aromatic rings. The van der Waals surface area contributed by atoms with Crippen molar-refractivity contribution in [2.24, 2.45) is 17.8 Å². The molecule has 0 saturated heterocycles. The third-order valence-corrected chi connectivity index (χ3v) is 4.44. The summed E-state index contributed by atoms with van der Waals surface area (Å²) >= 11 is 0. The zero-order valence-corrected chi connectivity index (χ0v) is 11.5. The molecule has 0 heterocycles. The average Bonchev–Trinajstić information content (AvgIpc) is 2.40. The van der Waals surface area contributed by atoms with Crippen molar-refractivity contribution >= 4 is 0 Å². The lowest BCUT2D eigenvalue weighted by Gasteiger charge is -2.30. The molecule has 96 valence electrons. The van der Waals surface area contributed by atoms with Gasteiger partial charge in [0.25, 0.3) is 0 Å². The van der Waals surface area contributed by atoms with Gasteiger partial charge in [-0.15, -0.1) is 0 Å². The van der Waals surface area contributed by atoms with Crippen LogP contribution in [0, 0.1) is 29.1 Å². The van der Waals surface area contributed by atoms with Gasteiger partial charge >= 0.3 is 0 Å². The van der Waals surface area contributed by atoms with Crippen molar-refractivity contribution in [2.45, 2.75) is 46.0 Å².